The van der Waals surface area contributed by atoms with Gasteiger partial charge in [0, 0.05) is 0 Å². The monoisotopic (exact) mass is 637 g/mol. The minimum Gasteiger partial charge on any atom is -0.0958 e. The van der Waals surface area contributed by atoms with Gasteiger partial charge in [-0.25, -0.2) is 0 Å². The summed E-state index contributed by atoms with van der Waals surface area (Å²) in [4.78, 5) is 0. The third-order valence-corrected chi connectivity index (χ3v) is 8.38. The number of benzene rings is 1. The van der Waals surface area contributed by atoms with Crippen molar-refractivity contribution in [3.8, 4) is 0 Å². The van der Waals surface area contributed by atoms with Gasteiger partial charge in [0.15, 0.2) is 0 Å². The minimum absolute atomic E-state index is 0.392. The highest BCUT2D eigenvalue weighted by Gasteiger charge is 2.29. The van der Waals surface area contributed by atoms with Gasteiger partial charge in [0.2, 0.25) is 0 Å². The number of allylic oxidation sites excluding steroid dienone is 6. The summed E-state index contributed by atoms with van der Waals surface area (Å²) < 4.78 is 0. The smallest absolute Gasteiger partial charge is 0.0217 e. The average molecular weight is 637 g/mol. The van der Waals surface area contributed by atoms with Gasteiger partial charge in [-0.2, -0.15) is 0 Å². The van der Waals surface area contributed by atoms with Crippen LogP contribution in [0.4, 0.5) is 0 Å². The van der Waals surface area contributed by atoms with Crippen molar-refractivity contribution in [2.45, 2.75) is 193 Å². The maximum absolute atomic E-state index is 4.57. The lowest BCUT2D eigenvalue weighted by Crippen LogP contribution is -2.21. The van der Waals surface area contributed by atoms with Crippen LogP contribution in [0.2, 0.25) is 0 Å². The molecule has 0 aliphatic carbocycles. The zero-order valence-electron chi connectivity index (χ0n) is 34.2. The Morgan fingerprint density at radius 1 is 0.587 bits per heavy atom. The fraction of sp³-hybridized carbons (Fsp3) is 0.652. The van der Waals surface area contributed by atoms with Gasteiger partial charge in [-0.15, -0.1) is 0 Å². The van der Waals surface area contributed by atoms with Crippen molar-refractivity contribution < 1.29 is 0 Å². The quantitative estimate of drug-likeness (QED) is 0.111. The summed E-state index contributed by atoms with van der Waals surface area (Å²) in [5.41, 5.74) is 10.5. The number of unbranched alkanes of at least 4 members (excludes halogenated alkanes) is 3. The average Bonchev–Trinajstić information content (AvgIpc) is 3.06. The zero-order valence-corrected chi connectivity index (χ0v) is 34.2. The van der Waals surface area contributed by atoms with E-state index in [0.29, 0.717) is 5.41 Å². The minimum atomic E-state index is 0.392. The highest BCUT2D eigenvalue weighted by atomic mass is 14.3. The van der Waals surface area contributed by atoms with Crippen LogP contribution in [0.25, 0.3) is 11.1 Å². The van der Waals surface area contributed by atoms with Crippen molar-refractivity contribution in [1.82, 2.24) is 0 Å². The van der Waals surface area contributed by atoms with Gasteiger partial charge in [0.25, 0.3) is 0 Å². The van der Waals surface area contributed by atoms with Crippen LogP contribution in [0.1, 0.15) is 204 Å². The molecule has 0 fully saturated rings. The molecule has 0 radical (unpaired) electrons. The summed E-state index contributed by atoms with van der Waals surface area (Å²) >= 11 is 0. The van der Waals surface area contributed by atoms with Crippen molar-refractivity contribution in [3.05, 3.63) is 84.0 Å². The molecule has 46 heavy (non-hydrogen) atoms. The Labute approximate surface area is 293 Å². The molecular formula is C46H84. The zero-order chi connectivity index (χ0) is 36.6. The predicted molar refractivity (Wildman–Crippen MR) is 221 cm³/mol. The van der Waals surface area contributed by atoms with E-state index in [1.54, 1.807) is 0 Å². The molecule has 0 aliphatic rings. The van der Waals surface area contributed by atoms with Crippen LogP contribution >= 0.6 is 0 Å². The summed E-state index contributed by atoms with van der Waals surface area (Å²) in [5, 5.41) is 0. The van der Waals surface area contributed by atoms with Crippen LogP contribution in [0.5, 0.6) is 0 Å². The van der Waals surface area contributed by atoms with E-state index in [4.69, 9.17) is 0 Å². The fourth-order valence-corrected chi connectivity index (χ4v) is 4.96. The second-order valence-corrected chi connectivity index (χ2v) is 12.9. The summed E-state index contributed by atoms with van der Waals surface area (Å²) in [5.74, 6) is 0. The lowest BCUT2D eigenvalue weighted by molar-refractivity contribution is 0.221. The Hall–Kier alpha value is -2.08. The van der Waals surface area contributed by atoms with Crippen LogP contribution in [0, 0.1) is 5.41 Å². The van der Waals surface area contributed by atoms with Crippen LogP contribution in [0.3, 0.4) is 0 Å². The highest BCUT2D eigenvalue weighted by molar-refractivity contribution is 5.67. The van der Waals surface area contributed by atoms with Gasteiger partial charge in [-0.1, -0.05) is 195 Å². The summed E-state index contributed by atoms with van der Waals surface area (Å²) in [6, 6.07) is 8.64. The second-order valence-electron chi connectivity index (χ2n) is 12.9. The maximum Gasteiger partial charge on any atom is -0.0217 e. The largest absolute Gasteiger partial charge is 0.0958 e. The Bertz CT molecular complexity index is 903. The number of rotatable bonds is 18. The van der Waals surface area contributed by atoms with Crippen molar-refractivity contribution >= 4 is 11.1 Å². The van der Waals surface area contributed by atoms with Gasteiger partial charge >= 0.3 is 0 Å². The van der Waals surface area contributed by atoms with Gasteiger partial charge in [0.1, 0.15) is 0 Å². The summed E-state index contributed by atoms with van der Waals surface area (Å²) in [7, 11) is 0. The molecule has 0 N–H and O–H groups in total. The fourth-order valence-electron chi connectivity index (χ4n) is 4.96. The molecule has 268 valence electrons. The standard InChI is InChI=1S/C33H50.2C4H10.C3H8.C2H6/c1-11-22-33(13-3,23-12-2)24-32(29(10)25(4)5)28(9)17-15-14-16-27(8)31-20-18-30(19-21-31)26(6)7;2*1-3-4-2;1-3-2;1-2/h18-21H,4,6,8-9,11-17,22-24H2,1-3,5,7,10H3;2*3-4H2,1-2H3;3H2,1-2H3;1-2H3/b32-29+;;;;. The molecule has 0 saturated heterocycles. The number of hydrogen-bond donors (Lipinski definition) is 0. The molecule has 0 heteroatoms. The predicted octanol–water partition coefficient (Wildman–Crippen LogP) is 17.2. The van der Waals surface area contributed by atoms with E-state index in [9.17, 15) is 0 Å². The Morgan fingerprint density at radius 2 is 0.978 bits per heavy atom. The van der Waals surface area contributed by atoms with Crippen molar-refractivity contribution in [2.24, 2.45) is 5.41 Å². The van der Waals surface area contributed by atoms with Gasteiger partial charge in [0.05, 0.1) is 0 Å². The number of hydrogen-bond acceptors (Lipinski definition) is 0. The van der Waals surface area contributed by atoms with Crippen molar-refractivity contribution in [2.75, 3.05) is 0 Å². The Kier molecular flexibility index (Phi) is 37.8. The third kappa shape index (κ3) is 25.1. The molecule has 1 aromatic carbocycles. The third-order valence-electron chi connectivity index (χ3n) is 8.38. The highest BCUT2D eigenvalue weighted by Crippen LogP contribution is 2.43. The van der Waals surface area contributed by atoms with Crippen molar-refractivity contribution in [3.63, 3.8) is 0 Å². The maximum atomic E-state index is 4.57. The van der Waals surface area contributed by atoms with E-state index in [2.05, 4.69) is 127 Å². The molecule has 0 spiro atoms. The molecule has 0 saturated carbocycles. The topological polar surface area (TPSA) is 0 Å². The van der Waals surface area contributed by atoms with E-state index in [1.807, 2.05) is 20.8 Å². The van der Waals surface area contributed by atoms with E-state index in [0.717, 1.165) is 37.7 Å². The SMILES string of the molecule is C=C(C)/C(C)=C(\CC(CC)(CCC)CCC)C(=C)CCCCC(=C)c1ccc(C(=C)C)cc1.CC.CCC.CCCC.CCCC. The van der Waals surface area contributed by atoms with Gasteiger partial charge < -0.3 is 0 Å². The summed E-state index contributed by atoms with van der Waals surface area (Å²) in [6.07, 6.45) is 18.4. The first kappa shape index (κ1) is 50.8. The molecule has 0 unspecified atom stereocenters. The molecule has 1 rings (SSSR count). The van der Waals surface area contributed by atoms with E-state index < -0.39 is 0 Å². The van der Waals surface area contributed by atoms with E-state index in [1.165, 1.54) is 103 Å². The Balaban J connectivity index is -0.000000578. The van der Waals surface area contributed by atoms with Crippen LogP contribution < -0.4 is 0 Å². The van der Waals surface area contributed by atoms with Crippen LogP contribution in [0.15, 0.2) is 72.9 Å². The van der Waals surface area contributed by atoms with Crippen LogP contribution in [-0.4, -0.2) is 0 Å². The molecule has 0 atom stereocenters. The lowest BCUT2D eigenvalue weighted by Gasteiger charge is -2.35. The molecule has 0 aromatic heterocycles. The normalized spacial score (nSPS) is 10.7. The molecular weight excluding hydrogens is 553 g/mol. The molecule has 0 amide bonds. The second kappa shape index (κ2) is 34.3. The first-order valence-electron chi connectivity index (χ1n) is 19.3. The first-order valence-corrected chi connectivity index (χ1v) is 19.3. The molecule has 0 nitrogen and oxygen atoms in total. The summed E-state index contributed by atoms with van der Waals surface area (Å²) in [6.45, 7) is 47.6. The van der Waals surface area contributed by atoms with Gasteiger partial charge in [-0.3, -0.25) is 0 Å². The Morgan fingerprint density at radius 3 is 1.30 bits per heavy atom. The molecule has 0 aliphatic heterocycles. The molecule has 1 aromatic rings. The first-order chi connectivity index (χ1) is 21.8. The lowest BCUT2D eigenvalue weighted by atomic mass is 9.70. The van der Waals surface area contributed by atoms with E-state index >= 15 is 0 Å². The molecule has 0 bridgehead atoms. The van der Waals surface area contributed by atoms with Gasteiger partial charge in [-0.05, 0) is 99.0 Å². The molecule has 0 heterocycles. The van der Waals surface area contributed by atoms with E-state index in [-0.39, 0.29) is 0 Å². The van der Waals surface area contributed by atoms with Crippen LogP contribution in [-0.2, 0) is 0 Å². The van der Waals surface area contributed by atoms with Crippen molar-refractivity contribution in [1.29, 1.82) is 0 Å².